The van der Waals surface area contributed by atoms with Gasteiger partial charge in [0, 0.05) is 18.7 Å². The Hall–Kier alpha value is -1.42. The largest absolute Gasteiger partial charge is 0.359 e. The van der Waals surface area contributed by atoms with Crippen LogP contribution in [0.25, 0.3) is 0 Å². The third-order valence-corrected chi connectivity index (χ3v) is 2.09. The molecule has 0 bridgehead atoms. The van der Waals surface area contributed by atoms with Gasteiger partial charge in [0.1, 0.15) is 5.82 Å². The summed E-state index contributed by atoms with van der Waals surface area (Å²) in [6.07, 6.45) is 1.71. The first-order chi connectivity index (χ1) is 7.24. The Morgan fingerprint density at radius 2 is 2.13 bits per heavy atom. The summed E-state index contributed by atoms with van der Waals surface area (Å²) in [4.78, 5) is 0. The third-order valence-electron chi connectivity index (χ3n) is 1.80. The Morgan fingerprint density at radius 3 is 2.80 bits per heavy atom. The van der Waals surface area contributed by atoms with E-state index < -0.39 is 0 Å². The number of nitrogens with one attached hydrogen (secondary N) is 2. The molecule has 1 rings (SSSR count). The molecule has 0 atom stereocenters. The Labute approximate surface area is 94.2 Å². The highest BCUT2D eigenvalue weighted by Gasteiger charge is 2.00. The second-order valence-corrected chi connectivity index (χ2v) is 3.35. The predicted octanol–water partition coefficient (Wildman–Crippen LogP) is 1.98. The van der Waals surface area contributed by atoms with Gasteiger partial charge in [-0.1, -0.05) is 24.3 Å². The maximum Gasteiger partial charge on any atom is 0.166 e. The van der Waals surface area contributed by atoms with E-state index in [0.29, 0.717) is 23.8 Å². The van der Waals surface area contributed by atoms with Crippen LogP contribution in [0.1, 0.15) is 5.56 Å². The molecule has 80 valence electrons. The van der Waals surface area contributed by atoms with Gasteiger partial charge in [0.25, 0.3) is 0 Å². The fourth-order valence-corrected chi connectivity index (χ4v) is 1.20. The first kappa shape index (κ1) is 11.7. The Balaban J connectivity index is 2.40. The molecule has 0 unspecified atom stereocenters. The minimum atomic E-state index is -0.225. The van der Waals surface area contributed by atoms with E-state index in [1.54, 1.807) is 24.3 Å². The smallest absolute Gasteiger partial charge is 0.166 e. The highest BCUT2D eigenvalue weighted by atomic mass is 32.1. The summed E-state index contributed by atoms with van der Waals surface area (Å²) < 4.78 is 13.2. The van der Waals surface area contributed by atoms with Crippen molar-refractivity contribution in [2.75, 3.05) is 6.54 Å². The molecular formula is C11H13FN2S. The number of halogens is 1. The lowest BCUT2D eigenvalue weighted by Gasteiger charge is -2.09. The molecule has 0 amide bonds. The van der Waals surface area contributed by atoms with Gasteiger partial charge in [-0.25, -0.2) is 4.39 Å². The van der Waals surface area contributed by atoms with Crippen LogP contribution in [-0.4, -0.2) is 11.7 Å². The molecule has 0 saturated heterocycles. The molecule has 1 aromatic rings. The SMILES string of the molecule is C=CCNC(=S)NCc1ccccc1F. The third kappa shape index (κ3) is 4.08. The minimum Gasteiger partial charge on any atom is -0.359 e. The average molecular weight is 224 g/mol. The van der Waals surface area contributed by atoms with Crippen LogP contribution < -0.4 is 10.6 Å². The van der Waals surface area contributed by atoms with Gasteiger partial charge in [-0.15, -0.1) is 6.58 Å². The van der Waals surface area contributed by atoms with Crippen molar-refractivity contribution in [1.29, 1.82) is 0 Å². The summed E-state index contributed by atoms with van der Waals surface area (Å²) in [5, 5.41) is 6.31. The van der Waals surface area contributed by atoms with E-state index in [4.69, 9.17) is 12.2 Å². The van der Waals surface area contributed by atoms with E-state index >= 15 is 0 Å². The van der Waals surface area contributed by atoms with E-state index in [1.165, 1.54) is 6.07 Å². The standard InChI is InChI=1S/C11H13FN2S/c1-2-7-13-11(15)14-8-9-5-3-4-6-10(9)12/h2-6H,1,7-8H2,(H2,13,14,15). The molecule has 0 aliphatic rings. The van der Waals surface area contributed by atoms with Crippen LogP contribution in [0.2, 0.25) is 0 Å². The summed E-state index contributed by atoms with van der Waals surface area (Å²) in [6, 6.07) is 6.60. The number of benzene rings is 1. The van der Waals surface area contributed by atoms with Crippen LogP contribution in [0.15, 0.2) is 36.9 Å². The van der Waals surface area contributed by atoms with E-state index in [-0.39, 0.29) is 5.82 Å². The molecule has 15 heavy (non-hydrogen) atoms. The van der Waals surface area contributed by atoms with E-state index in [0.717, 1.165) is 0 Å². The first-order valence-corrected chi connectivity index (χ1v) is 5.01. The average Bonchev–Trinajstić information content (AvgIpc) is 2.25. The minimum absolute atomic E-state index is 0.225. The highest BCUT2D eigenvalue weighted by Crippen LogP contribution is 2.05. The fourth-order valence-electron chi connectivity index (χ4n) is 1.04. The quantitative estimate of drug-likeness (QED) is 0.604. The van der Waals surface area contributed by atoms with Crippen molar-refractivity contribution < 1.29 is 4.39 Å². The summed E-state index contributed by atoms with van der Waals surface area (Å²) in [5.74, 6) is -0.225. The van der Waals surface area contributed by atoms with Gasteiger partial charge in [-0.3, -0.25) is 0 Å². The van der Waals surface area contributed by atoms with Gasteiger partial charge < -0.3 is 10.6 Å². The maximum absolute atomic E-state index is 13.2. The van der Waals surface area contributed by atoms with Crippen molar-refractivity contribution in [3.8, 4) is 0 Å². The van der Waals surface area contributed by atoms with Crippen molar-refractivity contribution >= 4 is 17.3 Å². The molecule has 0 spiro atoms. The van der Waals surface area contributed by atoms with Crippen molar-refractivity contribution in [3.05, 3.63) is 48.3 Å². The number of rotatable bonds is 4. The lowest BCUT2D eigenvalue weighted by molar-refractivity contribution is 0.605. The lowest BCUT2D eigenvalue weighted by Crippen LogP contribution is -2.34. The second kappa shape index (κ2) is 6.14. The van der Waals surface area contributed by atoms with Gasteiger partial charge in [0.2, 0.25) is 0 Å². The van der Waals surface area contributed by atoms with Gasteiger partial charge in [0.05, 0.1) is 0 Å². The van der Waals surface area contributed by atoms with E-state index in [9.17, 15) is 4.39 Å². The zero-order valence-corrected chi connectivity index (χ0v) is 9.11. The van der Waals surface area contributed by atoms with Crippen molar-refractivity contribution in [2.45, 2.75) is 6.54 Å². The molecular weight excluding hydrogens is 211 g/mol. The van der Waals surface area contributed by atoms with Crippen LogP contribution in [0.4, 0.5) is 4.39 Å². The normalized spacial score (nSPS) is 9.40. The molecule has 2 N–H and O–H groups in total. The molecule has 0 saturated carbocycles. The first-order valence-electron chi connectivity index (χ1n) is 4.60. The molecule has 0 aliphatic heterocycles. The highest BCUT2D eigenvalue weighted by molar-refractivity contribution is 7.80. The van der Waals surface area contributed by atoms with Gasteiger partial charge in [0.15, 0.2) is 5.11 Å². The monoisotopic (exact) mass is 224 g/mol. The predicted molar refractivity (Wildman–Crippen MR) is 64.0 cm³/mol. The fraction of sp³-hybridized carbons (Fsp3) is 0.182. The lowest BCUT2D eigenvalue weighted by atomic mass is 10.2. The number of thiocarbonyl (C=S) groups is 1. The second-order valence-electron chi connectivity index (χ2n) is 2.94. The van der Waals surface area contributed by atoms with Crippen molar-refractivity contribution in [3.63, 3.8) is 0 Å². The number of hydrogen-bond donors (Lipinski definition) is 2. The Kier molecular flexibility index (Phi) is 4.77. The molecule has 4 heteroatoms. The molecule has 0 fully saturated rings. The van der Waals surface area contributed by atoms with Gasteiger partial charge >= 0.3 is 0 Å². The summed E-state index contributed by atoms with van der Waals surface area (Å²) >= 11 is 4.97. The van der Waals surface area contributed by atoms with Crippen molar-refractivity contribution in [2.24, 2.45) is 0 Å². The van der Waals surface area contributed by atoms with Crippen LogP contribution in [0.5, 0.6) is 0 Å². The zero-order valence-electron chi connectivity index (χ0n) is 8.29. The van der Waals surface area contributed by atoms with E-state index in [1.807, 2.05) is 0 Å². The molecule has 2 nitrogen and oxygen atoms in total. The molecule has 0 aromatic heterocycles. The molecule has 0 heterocycles. The van der Waals surface area contributed by atoms with Crippen LogP contribution >= 0.6 is 12.2 Å². The van der Waals surface area contributed by atoms with Gasteiger partial charge in [-0.2, -0.15) is 0 Å². The van der Waals surface area contributed by atoms with Crippen LogP contribution in [-0.2, 0) is 6.54 Å². The van der Waals surface area contributed by atoms with Crippen LogP contribution in [0.3, 0.4) is 0 Å². The van der Waals surface area contributed by atoms with Crippen LogP contribution in [0, 0.1) is 5.82 Å². The summed E-state index contributed by atoms with van der Waals surface area (Å²) in [5.41, 5.74) is 0.597. The Morgan fingerprint density at radius 1 is 1.40 bits per heavy atom. The zero-order chi connectivity index (χ0) is 11.1. The summed E-state index contributed by atoms with van der Waals surface area (Å²) in [7, 11) is 0. The molecule has 1 aromatic carbocycles. The van der Waals surface area contributed by atoms with Gasteiger partial charge in [-0.05, 0) is 18.3 Å². The topological polar surface area (TPSA) is 24.1 Å². The number of hydrogen-bond acceptors (Lipinski definition) is 1. The summed E-state index contributed by atoms with van der Waals surface area (Å²) in [6.45, 7) is 4.54. The van der Waals surface area contributed by atoms with Crippen molar-refractivity contribution in [1.82, 2.24) is 10.6 Å². The molecule has 0 radical (unpaired) electrons. The van der Waals surface area contributed by atoms with E-state index in [2.05, 4.69) is 17.2 Å². The molecule has 0 aliphatic carbocycles. The maximum atomic E-state index is 13.2. The Bertz CT molecular complexity index is 352.